The molecule has 2 aliphatic heterocycles. The van der Waals surface area contributed by atoms with Crippen molar-refractivity contribution in [1.29, 1.82) is 0 Å². The van der Waals surface area contributed by atoms with Gasteiger partial charge in [-0.15, -0.1) is 0 Å². The van der Waals surface area contributed by atoms with Crippen LogP contribution in [0.2, 0.25) is 0 Å². The van der Waals surface area contributed by atoms with Crippen LogP contribution in [0.5, 0.6) is 11.5 Å². The number of anilines is 1. The fourth-order valence-electron chi connectivity index (χ4n) is 2.72. The minimum atomic E-state index is 0.643. The maximum Gasteiger partial charge on any atom is 0.163 e. The first-order chi connectivity index (χ1) is 9.33. The number of piperidine rings is 1. The smallest absolute Gasteiger partial charge is 0.163 e. The van der Waals surface area contributed by atoms with Crippen molar-refractivity contribution in [2.24, 2.45) is 5.92 Å². The summed E-state index contributed by atoms with van der Waals surface area (Å²) in [5.41, 5.74) is 2.39. The van der Waals surface area contributed by atoms with Gasteiger partial charge in [-0.1, -0.05) is 0 Å². The van der Waals surface area contributed by atoms with E-state index in [2.05, 4.69) is 29.7 Å². The Bertz CT molecular complexity index is 442. The first-order valence-electron chi connectivity index (χ1n) is 7.18. The van der Waals surface area contributed by atoms with E-state index >= 15 is 0 Å². The van der Waals surface area contributed by atoms with E-state index in [1.807, 2.05) is 0 Å². The highest BCUT2D eigenvalue weighted by Gasteiger charge is 2.16. The van der Waals surface area contributed by atoms with E-state index in [-0.39, 0.29) is 0 Å². The second kappa shape index (κ2) is 5.70. The van der Waals surface area contributed by atoms with Crippen LogP contribution < -0.4 is 20.1 Å². The van der Waals surface area contributed by atoms with Gasteiger partial charge in [-0.2, -0.15) is 0 Å². The van der Waals surface area contributed by atoms with Crippen molar-refractivity contribution >= 4 is 5.69 Å². The van der Waals surface area contributed by atoms with Gasteiger partial charge >= 0.3 is 0 Å². The summed E-state index contributed by atoms with van der Waals surface area (Å²) in [6.07, 6.45) is 2.52. The molecule has 1 aromatic rings. The minimum Gasteiger partial charge on any atom is -0.486 e. The molecule has 2 aliphatic rings. The van der Waals surface area contributed by atoms with Gasteiger partial charge in [0.2, 0.25) is 0 Å². The van der Waals surface area contributed by atoms with Crippen LogP contribution >= 0.6 is 0 Å². The Morgan fingerprint density at radius 3 is 2.58 bits per heavy atom. The van der Waals surface area contributed by atoms with E-state index in [1.165, 1.54) is 24.1 Å². The van der Waals surface area contributed by atoms with Gasteiger partial charge in [-0.3, -0.25) is 0 Å². The zero-order chi connectivity index (χ0) is 13.1. The molecule has 2 heterocycles. The molecule has 0 saturated carbocycles. The van der Waals surface area contributed by atoms with Crippen molar-refractivity contribution in [1.82, 2.24) is 5.32 Å². The van der Waals surface area contributed by atoms with Crippen LogP contribution in [0.3, 0.4) is 0 Å². The Morgan fingerprint density at radius 1 is 1.16 bits per heavy atom. The highest BCUT2D eigenvalue weighted by atomic mass is 16.6. The molecule has 0 amide bonds. The van der Waals surface area contributed by atoms with Gasteiger partial charge in [0.15, 0.2) is 11.5 Å². The standard InChI is InChI=1S/C15H22N2O2/c1-11-8-14-15(19-7-6-18-14)9-13(11)17-10-12-2-4-16-5-3-12/h8-9,12,16-17H,2-7,10H2,1H3. The number of rotatable bonds is 3. The first kappa shape index (κ1) is 12.6. The zero-order valence-corrected chi connectivity index (χ0v) is 11.5. The average Bonchev–Trinajstić information content (AvgIpc) is 2.46. The van der Waals surface area contributed by atoms with Crippen LogP contribution in [0, 0.1) is 12.8 Å². The van der Waals surface area contributed by atoms with Gasteiger partial charge in [-0.25, -0.2) is 0 Å². The molecular weight excluding hydrogens is 240 g/mol. The highest BCUT2D eigenvalue weighted by Crippen LogP contribution is 2.35. The van der Waals surface area contributed by atoms with Crippen LogP contribution in [0.25, 0.3) is 0 Å². The summed E-state index contributed by atoms with van der Waals surface area (Å²) < 4.78 is 11.2. The largest absolute Gasteiger partial charge is 0.486 e. The minimum absolute atomic E-state index is 0.643. The van der Waals surface area contributed by atoms with Crippen molar-refractivity contribution in [3.8, 4) is 11.5 Å². The Kier molecular flexibility index (Phi) is 3.78. The maximum atomic E-state index is 5.64. The number of hydrogen-bond donors (Lipinski definition) is 2. The summed E-state index contributed by atoms with van der Waals surface area (Å²) in [5, 5.41) is 6.97. The van der Waals surface area contributed by atoms with Gasteiger partial charge < -0.3 is 20.1 Å². The summed E-state index contributed by atoms with van der Waals surface area (Å²) in [4.78, 5) is 0. The lowest BCUT2D eigenvalue weighted by Gasteiger charge is -2.25. The second-order valence-corrected chi connectivity index (χ2v) is 5.39. The molecule has 0 aromatic heterocycles. The van der Waals surface area contributed by atoms with Crippen LogP contribution in [-0.2, 0) is 0 Å². The number of hydrogen-bond acceptors (Lipinski definition) is 4. The first-order valence-corrected chi connectivity index (χ1v) is 7.18. The third kappa shape index (κ3) is 2.95. The monoisotopic (exact) mass is 262 g/mol. The molecule has 0 atom stereocenters. The van der Waals surface area contributed by atoms with Gasteiger partial charge in [0.1, 0.15) is 13.2 Å². The molecule has 2 N–H and O–H groups in total. The lowest BCUT2D eigenvalue weighted by Crippen LogP contribution is -2.31. The molecule has 0 spiro atoms. The SMILES string of the molecule is Cc1cc2c(cc1NCC1CCNCC1)OCCO2. The van der Waals surface area contributed by atoms with E-state index < -0.39 is 0 Å². The normalized spacial score (nSPS) is 19.2. The van der Waals surface area contributed by atoms with Crippen LogP contribution in [-0.4, -0.2) is 32.8 Å². The number of benzene rings is 1. The Labute approximate surface area is 114 Å². The van der Waals surface area contributed by atoms with E-state index in [0.717, 1.165) is 37.1 Å². The molecule has 0 unspecified atom stereocenters. The molecule has 3 rings (SSSR count). The van der Waals surface area contributed by atoms with Crippen LogP contribution in [0.1, 0.15) is 18.4 Å². The number of fused-ring (bicyclic) bond motifs is 1. The Balaban J connectivity index is 1.66. The van der Waals surface area contributed by atoms with Gasteiger partial charge in [-0.05, 0) is 50.4 Å². The number of aryl methyl sites for hydroxylation is 1. The maximum absolute atomic E-state index is 5.64. The number of ether oxygens (including phenoxy) is 2. The van der Waals surface area contributed by atoms with Gasteiger partial charge in [0.05, 0.1) is 0 Å². The lowest BCUT2D eigenvalue weighted by molar-refractivity contribution is 0.171. The molecule has 0 aliphatic carbocycles. The van der Waals surface area contributed by atoms with Gasteiger partial charge in [0, 0.05) is 18.3 Å². The molecule has 0 radical (unpaired) electrons. The molecule has 19 heavy (non-hydrogen) atoms. The van der Waals surface area contributed by atoms with Crippen molar-refractivity contribution in [3.05, 3.63) is 17.7 Å². The van der Waals surface area contributed by atoms with E-state index in [9.17, 15) is 0 Å². The fraction of sp³-hybridized carbons (Fsp3) is 0.600. The van der Waals surface area contributed by atoms with E-state index in [4.69, 9.17) is 9.47 Å². The van der Waals surface area contributed by atoms with E-state index in [0.29, 0.717) is 13.2 Å². The molecule has 0 bridgehead atoms. The predicted octanol–water partition coefficient (Wildman–Crippen LogP) is 2.18. The summed E-state index contributed by atoms with van der Waals surface area (Å²) in [6.45, 7) is 6.74. The third-order valence-corrected chi connectivity index (χ3v) is 3.93. The van der Waals surface area contributed by atoms with Crippen molar-refractivity contribution in [3.63, 3.8) is 0 Å². The molecule has 104 valence electrons. The number of nitrogens with one attached hydrogen (secondary N) is 2. The quantitative estimate of drug-likeness (QED) is 0.876. The molecule has 1 saturated heterocycles. The zero-order valence-electron chi connectivity index (χ0n) is 11.5. The third-order valence-electron chi connectivity index (χ3n) is 3.93. The van der Waals surface area contributed by atoms with Crippen molar-refractivity contribution < 1.29 is 9.47 Å². The molecular formula is C15H22N2O2. The highest BCUT2D eigenvalue weighted by molar-refractivity contribution is 5.60. The van der Waals surface area contributed by atoms with Crippen LogP contribution in [0.15, 0.2) is 12.1 Å². The van der Waals surface area contributed by atoms with Crippen LogP contribution in [0.4, 0.5) is 5.69 Å². The summed E-state index contributed by atoms with van der Waals surface area (Å²) in [6, 6.07) is 4.14. The van der Waals surface area contributed by atoms with Gasteiger partial charge in [0.25, 0.3) is 0 Å². The summed E-state index contributed by atoms with van der Waals surface area (Å²) in [5.74, 6) is 2.51. The second-order valence-electron chi connectivity index (χ2n) is 5.39. The topological polar surface area (TPSA) is 42.5 Å². The average molecular weight is 262 g/mol. The summed E-state index contributed by atoms with van der Waals surface area (Å²) in [7, 11) is 0. The van der Waals surface area contributed by atoms with Crippen molar-refractivity contribution in [2.75, 3.05) is 38.2 Å². The molecule has 1 aromatic carbocycles. The molecule has 1 fully saturated rings. The predicted molar refractivity (Wildman–Crippen MR) is 76.3 cm³/mol. The molecule has 4 nitrogen and oxygen atoms in total. The Morgan fingerprint density at radius 2 is 1.84 bits per heavy atom. The van der Waals surface area contributed by atoms with Crippen molar-refractivity contribution in [2.45, 2.75) is 19.8 Å². The summed E-state index contributed by atoms with van der Waals surface area (Å²) >= 11 is 0. The molecule has 4 heteroatoms. The fourth-order valence-corrected chi connectivity index (χ4v) is 2.72. The lowest BCUT2D eigenvalue weighted by atomic mass is 9.98. The van der Waals surface area contributed by atoms with E-state index in [1.54, 1.807) is 0 Å². The Hall–Kier alpha value is -1.42.